The van der Waals surface area contributed by atoms with Crippen molar-refractivity contribution < 1.29 is 9.90 Å². The third-order valence-electron chi connectivity index (χ3n) is 4.77. The summed E-state index contributed by atoms with van der Waals surface area (Å²) in [5, 5.41) is 9.93. The summed E-state index contributed by atoms with van der Waals surface area (Å²) < 4.78 is 0. The average molecular weight is 319 g/mol. The zero-order valence-corrected chi connectivity index (χ0v) is 13.3. The van der Waals surface area contributed by atoms with E-state index < -0.39 is 5.54 Å². The van der Waals surface area contributed by atoms with Gasteiger partial charge in [-0.2, -0.15) is 0 Å². The van der Waals surface area contributed by atoms with Gasteiger partial charge in [0.2, 0.25) is 5.78 Å². The molecule has 1 atom stereocenters. The predicted molar refractivity (Wildman–Crippen MR) is 94.7 cm³/mol. The molecule has 0 aromatic heterocycles. The molecule has 0 amide bonds. The van der Waals surface area contributed by atoms with Crippen molar-refractivity contribution in [2.24, 2.45) is 9.98 Å². The van der Waals surface area contributed by atoms with Crippen molar-refractivity contribution in [1.29, 1.82) is 0 Å². The van der Waals surface area contributed by atoms with Crippen LogP contribution in [0, 0.1) is 6.92 Å². The van der Waals surface area contributed by atoms with Crippen molar-refractivity contribution in [1.82, 2.24) is 0 Å². The number of benzene rings is 1. The lowest BCUT2D eigenvalue weighted by Gasteiger charge is -2.35. The van der Waals surface area contributed by atoms with Crippen LogP contribution in [0.2, 0.25) is 0 Å². The third-order valence-corrected chi connectivity index (χ3v) is 4.77. The molecule has 0 saturated carbocycles. The molecule has 3 aliphatic rings. The number of nitrogens with two attached hydrogens (primary N) is 1. The predicted octanol–water partition coefficient (Wildman–Crippen LogP) is 3.08. The van der Waals surface area contributed by atoms with Gasteiger partial charge in [-0.25, -0.2) is 0 Å². The van der Waals surface area contributed by atoms with E-state index in [0.29, 0.717) is 35.5 Å². The van der Waals surface area contributed by atoms with Crippen molar-refractivity contribution >= 4 is 23.4 Å². The minimum Gasteiger partial charge on any atom is -0.508 e. The van der Waals surface area contributed by atoms with E-state index in [9.17, 15) is 9.90 Å². The van der Waals surface area contributed by atoms with E-state index in [1.165, 1.54) is 0 Å². The Labute approximate surface area is 139 Å². The fraction of sp³-hybridized carbons (Fsp3) is 0.211. The molecule has 5 heteroatoms. The van der Waals surface area contributed by atoms with E-state index >= 15 is 0 Å². The van der Waals surface area contributed by atoms with Gasteiger partial charge in [0.25, 0.3) is 0 Å². The van der Waals surface area contributed by atoms with Crippen molar-refractivity contribution in [3.8, 4) is 0 Å². The van der Waals surface area contributed by atoms with Gasteiger partial charge in [-0.05, 0) is 61.3 Å². The van der Waals surface area contributed by atoms with Gasteiger partial charge in [0.05, 0.1) is 11.4 Å². The van der Waals surface area contributed by atoms with Crippen LogP contribution in [0.3, 0.4) is 0 Å². The van der Waals surface area contributed by atoms with E-state index in [4.69, 9.17) is 5.73 Å². The third kappa shape index (κ3) is 2.05. The molecule has 1 aromatic carbocycles. The van der Waals surface area contributed by atoms with Crippen LogP contribution in [0.5, 0.6) is 0 Å². The Morgan fingerprint density at radius 2 is 2.17 bits per heavy atom. The highest BCUT2D eigenvalue weighted by Gasteiger charge is 2.44. The maximum absolute atomic E-state index is 12.8. The van der Waals surface area contributed by atoms with Crippen molar-refractivity contribution in [3.05, 3.63) is 64.6 Å². The maximum Gasteiger partial charge on any atom is 0.207 e. The first-order chi connectivity index (χ1) is 11.5. The number of aliphatic hydroxyl groups excluding tert-OH is 1. The summed E-state index contributed by atoms with van der Waals surface area (Å²) in [5.74, 6) is 0.0447. The molecule has 3 N–H and O–H groups in total. The number of ketones is 1. The highest BCUT2D eigenvalue weighted by molar-refractivity contribution is 6.46. The second kappa shape index (κ2) is 5.03. The molecule has 1 aliphatic carbocycles. The smallest absolute Gasteiger partial charge is 0.207 e. The lowest BCUT2D eigenvalue weighted by molar-refractivity contribution is 0.106. The Morgan fingerprint density at radius 3 is 2.96 bits per heavy atom. The first-order valence-electron chi connectivity index (χ1n) is 7.87. The van der Waals surface area contributed by atoms with Crippen molar-refractivity contribution in [2.75, 3.05) is 5.73 Å². The van der Waals surface area contributed by atoms with E-state index in [2.05, 4.69) is 9.98 Å². The zero-order valence-electron chi connectivity index (χ0n) is 13.3. The largest absolute Gasteiger partial charge is 0.508 e. The minimum atomic E-state index is -0.536. The summed E-state index contributed by atoms with van der Waals surface area (Å²) in [6.07, 6.45) is 8.15. The highest BCUT2D eigenvalue weighted by Crippen LogP contribution is 2.45. The molecule has 5 nitrogen and oxygen atoms in total. The van der Waals surface area contributed by atoms with Gasteiger partial charge in [-0.3, -0.25) is 14.8 Å². The lowest BCUT2D eigenvalue weighted by atomic mass is 9.77. The number of Topliss-reactive ketones (excluding diaryl/α,β-unsaturated/α-hetero) is 1. The van der Waals surface area contributed by atoms with Crippen LogP contribution in [0.1, 0.15) is 28.8 Å². The fourth-order valence-electron chi connectivity index (χ4n) is 3.52. The Bertz CT molecular complexity index is 919. The number of hydrogen-bond donors (Lipinski definition) is 2. The second-order valence-corrected chi connectivity index (χ2v) is 6.32. The number of aliphatic imine (C=N–C) groups is 2. The molecule has 2 aliphatic heterocycles. The van der Waals surface area contributed by atoms with E-state index in [0.717, 1.165) is 11.1 Å². The van der Waals surface area contributed by atoms with Crippen molar-refractivity contribution in [2.45, 2.75) is 25.3 Å². The molecule has 1 spiro atoms. The number of nitrogen functional groups attached to an aromatic ring is 1. The van der Waals surface area contributed by atoms with Crippen LogP contribution < -0.4 is 5.73 Å². The monoisotopic (exact) mass is 319 g/mol. The molecule has 1 unspecified atom stereocenters. The first-order valence-corrected chi connectivity index (χ1v) is 7.87. The molecule has 0 radical (unpaired) electrons. The molecular weight excluding hydrogens is 302 g/mol. The number of rotatable bonds is 2. The van der Waals surface area contributed by atoms with Gasteiger partial charge in [0.1, 0.15) is 11.3 Å². The van der Waals surface area contributed by atoms with Crippen LogP contribution >= 0.6 is 0 Å². The summed E-state index contributed by atoms with van der Waals surface area (Å²) in [6.45, 7) is 1.87. The summed E-state index contributed by atoms with van der Waals surface area (Å²) in [6, 6.07) is 5.25. The summed E-state index contributed by atoms with van der Waals surface area (Å²) in [4.78, 5) is 22.0. The standard InChI is InChI=1S/C19H17N3O2/c1-11-8-13(20)2-3-15(11)18(24)16-4-6-19-12(5-7-21-19)9-14(23)10-17(19)22-16/h2-3,5,7-10,23H,4,6,20H2,1H3. The van der Waals surface area contributed by atoms with Crippen LogP contribution in [-0.4, -0.2) is 28.4 Å². The quantitative estimate of drug-likeness (QED) is 0.648. The number of nitrogens with zero attached hydrogens (tertiary/aromatic N) is 2. The van der Waals surface area contributed by atoms with E-state index in [1.54, 1.807) is 36.6 Å². The maximum atomic E-state index is 12.8. The number of aliphatic hydroxyl groups is 1. The average Bonchev–Trinajstić information content (AvgIpc) is 2.94. The zero-order chi connectivity index (χ0) is 16.9. The molecule has 0 bridgehead atoms. The molecule has 4 rings (SSSR count). The van der Waals surface area contributed by atoms with E-state index in [-0.39, 0.29) is 11.5 Å². The van der Waals surface area contributed by atoms with Gasteiger partial charge in [-0.1, -0.05) is 0 Å². The Morgan fingerprint density at radius 1 is 1.33 bits per heavy atom. The van der Waals surface area contributed by atoms with E-state index in [1.807, 2.05) is 13.0 Å². The summed E-state index contributed by atoms with van der Waals surface area (Å²) >= 11 is 0. The van der Waals surface area contributed by atoms with Crippen LogP contribution in [-0.2, 0) is 0 Å². The SMILES string of the molecule is Cc1cc(N)ccc1C(=O)C1=NC2=CC(O)=CC3=CC=NC32CC1. The van der Waals surface area contributed by atoms with Gasteiger partial charge < -0.3 is 10.8 Å². The minimum absolute atomic E-state index is 0.0928. The second-order valence-electron chi connectivity index (χ2n) is 6.32. The number of carbonyl (C=O) groups is 1. The number of hydrogen-bond acceptors (Lipinski definition) is 5. The fourth-order valence-corrected chi connectivity index (χ4v) is 3.52. The molecule has 2 heterocycles. The number of carbonyl (C=O) groups excluding carboxylic acids is 1. The van der Waals surface area contributed by atoms with Crippen LogP contribution in [0.4, 0.5) is 5.69 Å². The topological polar surface area (TPSA) is 88.0 Å². The number of aryl methyl sites for hydroxylation is 1. The molecule has 1 aromatic rings. The molecule has 0 saturated heterocycles. The number of anilines is 1. The summed E-state index contributed by atoms with van der Waals surface area (Å²) in [7, 11) is 0. The lowest BCUT2D eigenvalue weighted by Crippen LogP contribution is -2.36. The Balaban J connectivity index is 1.75. The van der Waals surface area contributed by atoms with Crippen LogP contribution in [0.25, 0.3) is 0 Å². The van der Waals surface area contributed by atoms with Gasteiger partial charge in [0.15, 0.2) is 0 Å². The Kier molecular flexibility index (Phi) is 3.06. The summed E-state index contributed by atoms with van der Waals surface area (Å²) in [5.41, 5.74) is 9.36. The van der Waals surface area contributed by atoms with Gasteiger partial charge in [-0.15, -0.1) is 0 Å². The number of allylic oxidation sites excluding steroid dienone is 2. The highest BCUT2D eigenvalue weighted by atomic mass is 16.3. The van der Waals surface area contributed by atoms with Gasteiger partial charge in [0, 0.05) is 23.5 Å². The molecule has 0 fully saturated rings. The normalized spacial score (nSPS) is 24.4. The molecule has 120 valence electrons. The molecule has 24 heavy (non-hydrogen) atoms. The Hall–Kier alpha value is -2.95. The van der Waals surface area contributed by atoms with Gasteiger partial charge >= 0.3 is 0 Å². The van der Waals surface area contributed by atoms with Crippen molar-refractivity contribution in [3.63, 3.8) is 0 Å². The van der Waals surface area contributed by atoms with Crippen LogP contribution in [0.15, 0.2) is 63.4 Å². The molecular formula is C19H17N3O2. The first kappa shape index (κ1) is 14.6.